The molecule has 0 bridgehead atoms. The molecule has 6 nitrogen and oxygen atoms in total. The smallest absolute Gasteiger partial charge is 0.240 e. The van der Waals surface area contributed by atoms with E-state index in [1.807, 2.05) is 0 Å². The molecule has 0 saturated heterocycles. The van der Waals surface area contributed by atoms with Crippen molar-refractivity contribution in [2.75, 3.05) is 0 Å². The lowest BCUT2D eigenvalue weighted by Crippen LogP contribution is -2.40. The first kappa shape index (κ1) is 15.8. The van der Waals surface area contributed by atoms with Crippen LogP contribution in [0.1, 0.15) is 25.7 Å². The summed E-state index contributed by atoms with van der Waals surface area (Å²) in [5.41, 5.74) is 0. The van der Waals surface area contributed by atoms with Crippen LogP contribution in [-0.2, 0) is 10.0 Å². The second kappa shape index (κ2) is 6.02. The van der Waals surface area contributed by atoms with Crippen LogP contribution in [0.4, 0.5) is 8.78 Å². The summed E-state index contributed by atoms with van der Waals surface area (Å²) in [4.78, 5) is 9.90. The lowest BCUT2D eigenvalue weighted by Gasteiger charge is -2.24. The first-order valence-electron chi connectivity index (χ1n) is 6.40. The molecular weight excluding hydrogens is 306 g/mol. The van der Waals surface area contributed by atoms with Crippen molar-refractivity contribution >= 4 is 10.0 Å². The third kappa shape index (κ3) is 3.73. The van der Waals surface area contributed by atoms with Gasteiger partial charge in [0.15, 0.2) is 11.6 Å². The molecule has 1 N–H and O–H groups in total. The van der Waals surface area contributed by atoms with Crippen molar-refractivity contribution in [1.82, 2.24) is 4.72 Å². The van der Waals surface area contributed by atoms with Crippen LogP contribution in [0.2, 0.25) is 0 Å². The molecular formula is C12H14F2N2O4S. The van der Waals surface area contributed by atoms with Crippen LogP contribution in [0.3, 0.4) is 0 Å². The quantitative estimate of drug-likeness (QED) is 0.677. The Morgan fingerprint density at radius 2 is 1.76 bits per heavy atom. The van der Waals surface area contributed by atoms with Gasteiger partial charge in [-0.1, -0.05) is 0 Å². The first-order chi connectivity index (χ1) is 9.79. The molecule has 1 aliphatic carbocycles. The van der Waals surface area contributed by atoms with Gasteiger partial charge in [-0.25, -0.2) is 21.9 Å². The van der Waals surface area contributed by atoms with Gasteiger partial charge in [0.25, 0.3) is 0 Å². The molecule has 2 rings (SSSR count). The van der Waals surface area contributed by atoms with Crippen LogP contribution >= 0.6 is 0 Å². The zero-order chi connectivity index (χ0) is 15.6. The van der Waals surface area contributed by atoms with E-state index < -0.39 is 33.7 Å². The van der Waals surface area contributed by atoms with E-state index in [9.17, 15) is 27.3 Å². The maximum atomic E-state index is 13.1. The molecule has 0 aliphatic heterocycles. The van der Waals surface area contributed by atoms with Gasteiger partial charge in [0, 0.05) is 23.8 Å². The zero-order valence-corrected chi connectivity index (χ0v) is 11.8. The van der Waals surface area contributed by atoms with Crippen molar-refractivity contribution in [3.05, 3.63) is 39.9 Å². The Morgan fingerprint density at radius 3 is 2.29 bits per heavy atom. The normalized spacial score (nSPS) is 23.0. The predicted molar refractivity (Wildman–Crippen MR) is 69.7 cm³/mol. The average molecular weight is 320 g/mol. The van der Waals surface area contributed by atoms with Crippen LogP contribution in [0.15, 0.2) is 23.1 Å². The maximum Gasteiger partial charge on any atom is 0.240 e. The maximum absolute atomic E-state index is 13.1. The summed E-state index contributed by atoms with van der Waals surface area (Å²) in [6, 6.07) is 1.25. The van der Waals surface area contributed by atoms with Crippen LogP contribution in [0.5, 0.6) is 0 Å². The Labute approximate surface area is 120 Å². The standard InChI is InChI=1S/C12H14F2N2O4S/c13-11-6-5-10(7-12(11)14)21(19,20)15-8-1-3-9(4-2-8)16(17)18/h5-9,15H,1-4H2. The molecule has 0 amide bonds. The number of hydrogen-bond acceptors (Lipinski definition) is 4. The number of sulfonamides is 1. The van der Waals surface area contributed by atoms with Gasteiger partial charge in [-0.15, -0.1) is 0 Å². The minimum absolute atomic E-state index is 0.290. The molecule has 1 aromatic rings. The Bertz CT molecular complexity index is 643. The van der Waals surface area contributed by atoms with Gasteiger partial charge in [0.2, 0.25) is 16.1 Å². The van der Waals surface area contributed by atoms with Crippen LogP contribution in [0, 0.1) is 21.7 Å². The summed E-state index contributed by atoms with van der Waals surface area (Å²) in [6.45, 7) is 0. The largest absolute Gasteiger partial charge is 0.264 e. The highest BCUT2D eigenvalue weighted by atomic mass is 32.2. The number of halogens is 2. The third-order valence-electron chi connectivity index (χ3n) is 3.52. The molecule has 0 atom stereocenters. The molecule has 21 heavy (non-hydrogen) atoms. The van der Waals surface area contributed by atoms with E-state index in [2.05, 4.69) is 4.72 Å². The molecule has 0 unspecified atom stereocenters. The fourth-order valence-electron chi connectivity index (χ4n) is 2.34. The van der Waals surface area contributed by atoms with Crippen molar-refractivity contribution in [2.45, 2.75) is 42.7 Å². The lowest BCUT2D eigenvalue weighted by molar-refractivity contribution is -0.526. The number of hydrogen-bond donors (Lipinski definition) is 1. The minimum atomic E-state index is -3.96. The summed E-state index contributed by atoms with van der Waals surface area (Å²) in [5.74, 6) is -2.37. The van der Waals surface area contributed by atoms with E-state index in [1.165, 1.54) is 0 Å². The van der Waals surface area contributed by atoms with Gasteiger partial charge in [0.1, 0.15) is 0 Å². The summed E-state index contributed by atoms with van der Waals surface area (Å²) in [5, 5.41) is 10.6. The van der Waals surface area contributed by atoms with E-state index in [4.69, 9.17) is 0 Å². The Balaban J connectivity index is 2.05. The second-order valence-corrected chi connectivity index (χ2v) is 6.70. The Morgan fingerprint density at radius 1 is 1.14 bits per heavy atom. The average Bonchev–Trinajstić information content (AvgIpc) is 2.42. The molecule has 1 saturated carbocycles. The third-order valence-corrected chi connectivity index (χ3v) is 5.04. The fourth-order valence-corrected chi connectivity index (χ4v) is 3.65. The number of rotatable bonds is 4. The number of nitrogens with one attached hydrogen (secondary N) is 1. The van der Waals surface area contributed by atoms with Gasteiger partial charge in [-0.05, 0) is 31.0 Å². The Kier molecular flexibility index (Phi) is 4.52. The van der Waals surface area contributed by atoms with E-state index in [0.717, 1.165) is 12.1 Å². The van der Waals surface area contributed by atoms with Crippen molar-refractivity contribution in [2.24, 2.45) is 0 Å². The van der Waals surface area contributed by atoms with Crippen molar-refractivity contribution in [3.63, 3.8) is 0 Å². The molecule has 1 aliphatic rings. The highest BCUT2D eigenvalue weighted by Gasteiger charge is 2.31. The van der Waals surface area contributed by atoms with Crippen molar-refractivity contribution in [3.8, 4) is 0 Å². The molecule has 0 aromatic heterocycles. The van der Waals surface area contributed by atoms with Crippen molar-refractivity contribution < 1.29 is 22.1 Å². The molecule has 0 radical (unpaired) electrons. The van der Waals surface area contributed by atoms with E-state index in [-0.39, 0.29) is 22.7 Å². The molecule has 0 spiro atoms. The SMILES string of the molecule is O=[N+]([O-])C1CCC(NS(=O)(=O)c2ccc(F)c(F)c2)CC1. The lowest BCUT2D eigenvalue weighted by atomic mass is 9.92. The molecule has 1 fully saturated rings. The zero-order valence-electron chi connectivity index (χ0n) is 11.0. The predicted octanol–water partition coefficient (Wildman–Crippen LogP) is 1.83. The first-order valence-corrected chi connectivity index (χ1v) is 7.89. The second-order valence-electron chi connectivity index (χ2n) is 4.99. The van der Waals surface area contributed by atoms with Gasteiger partial charge >= 0.3 is 0 Å². The molecule has 0 heterocycles. The fraction of sp³-hybridized carbons (Fsp3) is 0.500. The van der Waals surface area contributed by atoms with E-state index in [0.29, 0.717) is 18.9 Å². The summed E-state index contributed by atoms with van der Waals surface area (Å²) in [7, 11) is -3.96. The van der Waals surface area contributed by atoms with Crippen LogP contribution in [-0.4, -0.2) is 25.4 Å². The molecule has 9 heteroatoms. The van der Waals surface area contributed by atoms with Crippen LogP contribution < -0.4 is 4.72 Å². The van der Waals surface area contributed by atoms with E-state index >= 15 is 0 Å². The van der Waals surface area contributed by atoms with Crippen LogP contribution in [0.25, 0.3) is 0 Å². The summed E-state index contributed by atoms with van der Waals surface area (Å²) < 4.78 is 52.4. The van der Waals surface area contributed by atoms with E-state index in [1.54, 1.807) is 0 Å². The number of nitrogens with zero attached hydrogens (tertiary/aromatic N) is 1. The number of benzene rings is 1. The summed E-state index contributed by atoms with van der Waals surface area (Å²) >= 11 is 0. The topological polar surface area (TPSA) is 89.3 Å². The monoisotopic (exact) mass is 320 g/mol. The summed E-state index contributed by atoms with van der Waals surface area (Å²) in [6.07, 6.45) is 1.26. The van der Waals surface area contributed by atoms with Gasteiger partial charge in [-0.3, -0.25) is 10.1 Å². The number of nitro groups is 1. The highest BCUT2D eigenvalue weighted by Crippen LogP contribution is 2.22. The molecule has 116 valence electrons. The minimum Gasteiger partial charge on any atom is -0.264 e. The molecule has 1 aromatic carbocycles. The van der Waals surface area contributed by atoms with Gasteiger partial charge in [-0.2, -0.15) is 0 Å². The van der Waals surface area contributed by atoms with Crippen molar-refractivity contribution in [1.29, 1.82) is 0 Å². The van der Waals surface area contributed by atoms with Gasteiger partial charge in [0.05, 0.1) is 4.90 Å². The Hall–Kier alpha value is -1.61. The highest BCUT2D eigenvalue weighted by molar-refractivity contribution is 7.89. The van der Waals surface area contributed by atoms with Gasteiger partial charge < -0.3 is 0 Å².